The van der Waals surface area contributed by atoms with Crippen LogP contribution < -0.4 is 10.6 Å². The van der Waals surface area contributed by atoms with Crippen molar-refractivity contribution >= 4 is 16.5 Å². The van der Waals surface area contributed by atoms with Gasteiger partial charge in [-0.25, -0.2) is 4.98 Å². The maximum absolute atomic E-state index is 5.90. The van der Waals surface area contributed by atoms with Gasteiger partial charge in [-0.3, -0.25) is 0 Å². The van der Waals surface area contributed by atoms with Gasteiger partial charge in [-0.1, -0.05) is 13.3 Å². The smallest absolute Gasteiger partial charge is 0.185 e. The molecule has 0 spiro atoms. The van der Waals surface area contributed by atoms with Crippen molar-refractivity contribution in [3.8, 4) is 0 Å². The topological polar surface area (TPSA) is 42.2 Å². The summed E-state index contributed by atoms with van der Waals surface area (Å²) >= 11 is 1.77. The highest BCUT2D eigenvalue weighted by Gasteiger charge is 2.24. The third-order valence-electron chi connectivity index (χ3n) is 3.45. The molecule has 0 radical (unpaired) electrons. The maximum Gasteiger partial charge on any atom is 0.185 e. The SMILES string of the molecule is CCCC1CCCCN1c1ncc(C(C)N)s1. The molecule has 0 aromatic carbocycles. The van der Waals surface area contributed by atoms with E-state index in [-0.39, 0.29) is 6.04 Å². The lowest BCUT2D eigenvalue weighted by atomic mass is 9.99. The molecule has 1 aliphatic heterocycles. The first-order valence-corrected chi connectivity index (χ1v) is 7.52. The van der Waals surface area contributed by atoms with Crippen molar-refractivity contribution in [2.45, 2.75) is 58.0 Å². The predicted octanol–water partition coefficient (Wildman–Crippen LogP) is 3.32. The predicted molar refractivity (Wildman–Crippen MR) is 74.6 cm³/mol. The lowest BCUT2D eigenvalue weighted by Gasteiger charge is -2.35. The number of anilines is 1. The number of rotatable bonds is 4. The third kappa shape index (κ3) is 2.99. The van der Waals surface area contributed by atoms with Crippen LogP contribution in [0, 0.1) is 0 Å². The fourth-order valence-electron chi connectivity index (χ4n) is 2.51. The molecule has 0 amide bonds. The number of hydrogen-bond donors (Lipinski definition) is 1. The Balaban J connectivity index is 2.11. The second kappa shape index (κ2) is 5.83. The van der Waals surface area contributed by atoms with Gasteiger partial charge < -0.3 is 10.6 Å². The fourth-order valence-corrected chi connectivity index (χ4v) is 3.47. The highest BCUT2D eigenvalue weighted by atomic mass is 32.1. The molecular weight excluding hydrogens is 230 g/mol. The van der Waals surface area contributed by atoms with Crippen molar-refractivity contribution in [1.29, 1.82) is 0 Å². The number of hydrogen-bond acceptors (Lipinski definition) is 4. The van der Waals surface area contributed by atoms with Crippen molar-refractivity contribution in [1.82, 2.24) is 4.98 Å². The van der Waals surface area contributed by atoms with Gasteiger partial charge in [0.2, 0.25) is 0 Å². The van der Waals surface area contributed by atoms with Gasteiger partial charge in [0.15, 0.2) is 5.13 Å². The van der Waals surface area contributed by atoms with Crippen molar-refractivity contribution in [3.05, 3.63) is 11.1 Å². The van der Waals surface area contributed by atoms with Crippen LogP contribution in [0.5, 0.6) is 0 Å². The highest BCUT2D eigenvalue weighted by molar-refractivity contribution is 7.15. The molecule has 0 saturated carbocycles. The normalized spacial score (nSPS) is 22.8. The molecule has 2 atom stereocenters. The van der Waals surface area contributed by atoms with E-state index in [4.69, 9.17) is 5.73 Å². The number of thiazole rings is 1. The van der Waals surface area contributed by atoms with Gasteiger partial charge >= 0.3 is 0 Å². The number of piperidine rings is 1. The number of aromatic nitrogens is 1. The Labute approximate surface area is 108 Å². The summed E-state index contributed by atoms with van der Waals surface area (Å²) in [5, 5.41) is 1.18. The van der Waals surface area contributed by atoms with Crippen molar-refractivity contribution in [3.63, 3.8) is 0 Å². The Morgan fingerprint density at radius 1 is 1.59 bits per heavy atom. The van der Waals surface area contributed by atoms with Crippen LogP contribution in [0.1, 0.15) is 56.9 Å². The number of nitrogens with two attached hydrogens (primary N) is 1. The fraction of sp³-hybridized carbons (Fsp3) is 0.769. The second-order valence-electron chi connectivity index (χ2n) is 4.97. The monoisotopic (exact) mass is 253 g/mol. The lowest BCUT2D eigenvalue weighted by Crippen LogP contribution is -2.39. The van der Waals surface area contributed by atoms with Gasteiger partial charge in [-0.2, -0.15) is 0 Å². The van der Waals surface area contributed by atoms with Crippen molar-refractivity contribution < 1.29 is 0 Å². The summed E-state index contributed by atoms with van der Waals surface area (Å²) in [6.45, 7) is 5.45. The molecule has 96 valence electrons. The molecule has 1 aromatic heterocycles. The van der Waals surface area contributed by atoms with Gasteiger partial charge in [-0.15, -0.1) is 11.3 Å². The summed E-state index contributed by atoms with van der Waals surface area (Å²) in [4.78, 5) is 8.26. The molecule has 3 nitrogen and oxygen atoms in total. The zero-order valence-corrected chi connectivity index (χ0v) is 11.7. The van der Waals surface area contributed by atoms with E-state index in [0.29, 0.717) is 6.04 Å². The summed E-state index contributed by atoms with van der Waals surface area (Å²) in [7, 11) is 0. The minimum Gasteiger partial charge on any atom is -0.345 e. The Kier molecular flexibility index (Phi) is 4.40. The van der Waals surface area contributed by atoms with Crippen LogP contribution in [0.25, 0.3) is 0 Å². The van der Waals surface area contributed by atoms with Gasteiger partial charge in [0.05, 0.1) is 0 Å². The van der Waals surface area contributed by atoms with E-state index in [1.807, 2.05) is 13.1 Å². The number of nitrogens with zero attached hydrogens (tertiary/aromatic N) is 2. The van der Waals surface area contributed by atoms with E-state index in [0.717, 1.165) is 6.54 Å². The molecule has 2 unspecified atom stereocenters. The standard InChI is InChI=1S/C13H23N3S/c1-3-6-11-7-4-5-8-16(11)13-15-9-12(17-13)10(2)14/h9-11H,3-8,14H2,1-2H3. The molecule has 2 N–H and O–H groups in total. The van der Waals surface area contributed by atoms with E-state index in [9.17, 15) is 0 Å². The third-order valence-corrected chi connectivity index (χ3v) is 4.69. The van der Waals surface area contributed by atoms with Crippen LogP contribution in [0.2, 0.25) is 0 Å². The molecule has 4 heteroatoms. The Hall–Kier alpha value is -0.610. The molecule has 1 aromatic rings. The quantitative estimate of drug-likeness (QED) is 0.895. The lowest BCUT2D eigenvalue weighted by molar-refractivity contribution is 0.434. The summed E-state index contributed by atoms with van der Waals surface area (Å²) in [6, 6.07) is 0.802. The highest BCUT2D eigenvalue weighted by Crippen LogP contribution is 2.32. The maximum atomic E-state index is 5.90. The van der Waals surface area contributed by atoms with E-state index in [2.05, 4.69) is 16.8 Å². The average molecular weight is 253 g/mol. The van der Waals surface area contributed by atoms with E-state index >= 15 is 0 Å². The summed E-state index contributed by atoms with van der Waals surface area (Å²) in [6.07, 6.45) is 8.48. The van der Waals surface area contributed by atoms with Crippen LogP contribution in [0.15, 0.2) is 6.20 Å². The molecule has 2 rings (SSSR count). The summed E-state index contributed by atoms with van der Waals surface area (Å²) in [5.41, 5.74) is 5.90. The molecular formula is C13H23N3S. The zero-order chi connectivity index (χ0) is 12.3. The Bertz CT molecular complexity index is 346. The molecule has 0 aliphatic carbocycles. The molecule has 0 bridgehead atoms. The summed E-state index contributed by atoms with van der Waals surface area (Å²) < 4.78 is 0. The minimum absolute atomic E-state index is 0.107. The van der Waals surface area contributed by atoms with Gasteiger partial charge in [0.25, 0.3) is 0 Å². The van der Waals surface area contributed by atoms with Crippen LogP contribution in [0.3, 0.4) is 0 Å². The zero-order valence-electron chi connectivity index (χ0n) is 10.9. The first-order valence-electron chi connectivity index (χ1n) is 6.70. The van der Waals surface area contributed by atoms with Crippen LogP contribution in [-0.2, 0) is 0 Å². The van der Waals surface area contributed by atoms with Gasteiger partial charge in [0, 0.05) is 29.7 Å². The van der Waals surface area contributed by atoms with E-state index in [1.165, 1.54) is 42.1 Å². The van der Waals surface area contributed by atoms with Gasteiger partial charge in [-0.05, 0) is 32.6 Å². The first kappa shape index (κ1) is 12.8. The van der Waals surface area contributed by atoms with Gasteiger partial charge in [0.1, 0.15) is 0 Å². The van der Waals surface area contributed by atoms with Crippen molar-refractivity contribution in [2.24, 2.45) is 5.73 Å². The first-order chi connectivity index (χ1) is 8.22. The van der Waals surface area contributed by atoms with Crippen LogP contribution in [-0.4, -0.2) is 17.6 Å². The Morgan fingerprint density at radius 3 is 3.06 bits per heavy atom. The minimum atomic E-state index is 0.107. The van der Waals surface area contributed by atoms with Crippen molar-refractivity contribution in [2.75, 3.05) is 11.4 Å². The molecule has 1 fully saturated rings. The second-order valence-corrected chi connectivity index (χ2v) is 6.01. The summed E-state index contributed by atoms with van der Waals surface area (Å²) in [5.74, 6) is 0. The average Bonchev–Trinajstić information content (AvgIpc) is 2.79. The molecule has 1 saturated heterocycles. The van der Waals surface area contributed by atoms with E-state index in [1.54, 1.807) is 11.3 Å². The molecule has 17 heavy (non-hydrogen) atoms. The van der Waals surface area contributed by atoms with E-state index < -0.39 is 0 Å². The molecule has 1 aliphatic rings. The van der Waals surface area contributed by atoms with Crippen LogP contribution in [0.4, 0.5) is 5.13 Å². The van der Waals surface area contributed by atoms with Crippen LogP contribution >= 0.6 is 11.3 Å². The Morgan fingerprint density at radius 2 is 2.41 bits per heavy atom. The molecule has 2 heterocycles. The largest absolute Gasteiger partial charge is 0.345 e.